The molecule has 1 spiro atoms. The third kappa shape index (κ3) is 9.56. The highest BCUT2D eigenvalue weighted by Crippen LogP contribution is 2.54. The maximum absolute atomic E-state index is 14.1. The number of fused-ring (bicyclic) bond motifs is 2. The van der Waals surface area contributed by atoms with Crippen molar-refractivity contribution >= 4 is 50.1 Å². The number of carbonyl (C=O) groups is 1. The molecule has 2 aliphatic carbocycles. The molecular formula is C51H60N6O9S2. The number of pyridine rings is 1. The molecule has 5 heterocycles. The van der Waals surface area contributed by atoms with Crippen molar-refractivity contribution in [3.05, 3.63) is 106 Å². The first kappa shape index (κ1) is 46.5. The van der Waals surface area contributed by atoms with Gasteiger partial charge in [-0.1, -0.05) is 38.1 Å². The van der Waals surface area contributed by atoms with E-state index < -0.39 is 37.0 Å². The van der Waals surface area contributed by atoms with E-state index in [1.807, 2.05) is 19.1 Å². The number of aromatic amines is 1. The van der Waals surface area contributed by atoms with E-state index >= 15 is 0 Å². The number of carbonyl (C=O) groups excluding carboxylic acids is 1. The highest BCUT2D eigenvalue weighted by Gasteiger charge is 2.50. The van der Waals surface area contributed by atoms with Crippen molar-refractivity contribution in [1.82, 2.24) is 19.6 Å². The number of thioether (sulfide) groups is 1. The van der Waals surface area contributed by atoms with E-state index in [1.54, 1.807) is 24.4 Å². The molecule has 2 saturated carbocycles. The van der Waals surface area contributed by atoms with Gasteiger partial charge in [0.1, 0.15) is 34.4 Å². The highest BCUT2D eigenvalue weighted by atomic mass is 32.2. The van der Waals surface area contributed by atoms with Gasteiger partial charge in [-0.3, -0.25) is 19.8 Å². The van der Waals surface area contributed by atoms with Gasteiger partial charge in [0.15, 0.2) is 0 Å². The molecule has 3 N–H and O–H groups in total. The summed E-state index contributed by atoms with van der Waals surface area (Å²) in [5.74, 6) is 0.403. The molecule has 17 heteroatoms. The number of nitrogens with zero attached hydrogens (tertiary/aromatic N) is 4. The fraction of sp³-hybridized carbons (Fsp3) is 0.490. The second-order valence-electron chi connectivity index (χ2n) is 20.2. The first-order valence-corrected chi connectivity index (χ1v) is 26.3. The second-order valence-corrected chi connectivity index (χ2v) is 23.2. The Morgan fingerprint density at radius 2 is 1.82 bits per heavy atom. The molecule has 10 rings (SSSR count). The van der Waals surface area contributed by atoms with Gasteiger partial charge < -0.3 is 29.2 Å². The number of aliphatic hydroxyl groups is 1. The Morgan fingerprint density at radius 3 is 2.59 bits per heavy atom. The molecule has 5 aliphatic rings. The van der Waals surface area contributed by atoms with E-state index in [0.29, 0.717) is 48.7 Å². The molecule has 2 saturated heterocycles. The van der Waals surface area contributed by atoms with Crippen LogP contribution in [0.4, 0.5) is 11.4 Å². The number of nitro benzene ring substituents is 1. The van der Waals surface area contributed by atoms with E-state index in [0.717, 1.165) is 88.3 Å². The molecule has 360 valence electrons. The topological polar surface area (TPSA) is 189 Å². The van der Waals surface area contributed by atoms with Crippen LogP contribution in [-0.2, 0) is 14.8 Å². The number of amides is 1. The molecule has 4 fully saturated rings. The summed E-state index contributed by atoms with van der Waals surface area (Å²) in [7, 11) is -4.64. The molecule has 2 aromatic heterocycles. The molecule has 0 unspecified atom stereocenters. The maximum Gasteiger partial charge on any atom is 0.288 e. The Morgan fingerprint density at radius 1 is 1.04 bits per heavy atom. The quantitative estimate of drug-likeness (QED) is 0.0793. The van der Waals surface area contributed by atoms with Gasteiger partial charge in [-0.05, 0) is 117 Å². The molecule has 1 amide bonds. The Kier molecular flexibility index (Phi) is 12.7. The predicted octanol–water partition coefficient (Wildman–Crippen LogP) is 9.51. The SMILES string of the molecule is CC(C)c1ccccc1[C@H]1COCCN1C1CC2(CCN(c3ccc(C(=O)NS(=O)(=O)c4cc5c(c([N+](=O)[O-])c4)S[C@@H](CC4CCC(C)(O)CC4)CO5)c(Oc4cnc5[nH]ccc5c4)c3)CC2)C1. The number of nitro groups is 1. The first-order chi connectivity index (χ1) is 32.6. The van der Waals surface area contributed by atoms with Crippen LogP contribution in [0, 0.1) is 21.4 Å². The number of piperidine rings is 1. The van der Waals surface area contributed by atoms with Gasteiger partial charge in [-0.25, -0.2) is 18.1 Å². The van der Waals surface area contributed by atoms with Crippen molar-refractivity contribution in [2.75, 3.05) is 44.4 Å². The van der Waals surface area contributed by atoms with Crippen molar-refractivity contribution in [3.8, 4) is 17.2 Å². The van der Waals surface area contributed by atoms with Crippen molar-refractivity contribution < 1.29 is 37.5 Å². The number of rotatable bonds is 12. The van der Waals surface area contributed by atoms with Crippen LogP contribution in [0.25, 0.3) is 11.0 Å². The molecule has 15 nitrogen and oxygen atoms in total. The van der Waals surface area contributed by atoms with Gasteiger partial charge in [-0.15, -0.1) is 11.8 Å². The zero-order chi connectivity index (χ0) is 47.4. The number of H-pyrrole nitrogens is 1. The lowest BCUT2D eigenvalue weighted by molar-refractivity contribution is -0.388. The van der Waals surface area contributed by atoms with Gasteiger partial charge >= 0.3 is 0 Å². The second kappa shape index (κ2) is 18.6. The fourth-order valence-corrected chi connectivity index (χ4v) is 13.6. The van der Waals surface area contributed by atoms with E-state index in [1.165, 1.54) is 35.2 Å². The van der Waals surface area contributed by atoms with Crippen molar-refractivity contribution in [2.24, 2.45) is 11.3 Å². The molecule has 0 radical (unpaired) electrons. The number of sulfonamides is 1. The summed E-state index contributed by atoms with van der Waals surface area (Å²) in [5, 5.41) is 23.6. The number of ether oxygens (including phenoxy) is 3. The molecule has 3 aliphatic heterocycles. The number of aromatic nitrogens is 2. The van der Waals surface area contributed by atoms with Crippen LogP contribution >= 0.6 is 11.8 Å². The molecular weight excluding hydrogens is 905 g/mol. The van der Waals surface area contributed by atoms with Crippen molar-refractivity contribution in [2.45, 2.75) is 117 Å². The van der Waals surface area contributed by atoms with Crippen LogP contribution in [-0.4, -0.2) is 95.6 Å². The molecule has 0 bridgehead atoms. The molecule has 2 atom stereocenters. The minimum Gasteiger partial charge on any atom is -0.491 e. The van der Waals surface area contributed by atoms with E-state index in [9.17, 15) is 28.4 Å². The van der Waals surface area contributed by atoms with Gasteiger partial charge in [0, 0.05) is 66.4 Å². The van der Waals surface area contributed by atoms with Crippen LogP contribution < -0.4 is 19.1 Å². The number of nitrogens with one attached hydrogen (secondary N) is 2. The summed E-state index contributed by atoms with van der Waals surface area (Å²) in [6, 6.07) is 20.6. The van der Waals surface area contributed by atoms with E-state index in [4.69, 9.17) is 14.2 Å². The largest absolute Gasteiger partial charge is 0.491 e. The Bertz CT molecular complexity index is 2810. The third-order valence-electron chi connectivity index (χ3n) is 15.2. The lowest BCUT2D eigenvalue weighted by Crippen LogP contribution is -2.58. The lowest BCUT2D eigenvalue weighted by Gasteiger charge is -2.57. The minimum atomic E-state index is -4.64. The number of hydrogen-bond donors (Lipinski definition) is 3. The molecule has 68 heavy (non-hydrogen) atoms. The monoisotopic (exact) mass is 964 g/mol. The Labute approximate surface area is 401 Å². The normalized spacial score (nSPS) is 24.3. The van der Waals surface area contributed by atoms with Crippen LogP contribution in [0.5, 0.6) is 17.2 Å². The summed E-state index contributed by atoms with van der Waals surface area (Å²) in [4.78, 5) is 38.2. The summed E-state index contributed by atoms with van der Waals surface area (Å²) in [6.07, 6.45) is 11.5. The van der Waals surface area contributed by atoms with Crippen LogP contribution in [0.3, 0.4) is 0 Å². The highest BCUT2D eigenvalue weighted by molar-refractivity contribution is 8.00. The van der Waals surface area contributed by atoms with E-state index in [-0.39, 0.29) is 45.3 Å². The molecule has 5 aromatic rings. The number of morpholine rings is 1. The Balaban J connectivity index is 0.847. The standard InChI is InChI=1S/C51H60N6O9S2/c1-32(2)40-6-4-5-7-41(40)44-31-64-21-20-56(44)36-27-51(28-36)15-18-55(19-16-51)35-8-9-42(45(24-35)66-37-23-34-12-17-52-48(34)53-29-37)49(58)54-68(62,63)39-25-43(57(60)61)47-46(26-39)65-30-38(67-47)22-33-10-13-50(3,59)14-11-33/h4-9,12,17,23-26,29,32-33,36,38,44,59H,10-11,13-16,18-22,27-28,30-31H2,1-3H3,(H,52,53)(H,54,58)/t33?,38-,44+,50?/m0/s1. The van der Waals surface area contributed by atoms with Crippen LogP contribution in [0.1, 0.15) is 112 Å². The maximum atomic E-state index is 14.1. The van der Waals surface area contributed by atoms with Crippen LogP contribution in [0.2, 0.25) is 0 Å². The van der Waals surface area contributed by atoms with Gasteiger partial charge in [0.05, 0.1) is 46.4 Å². The number of anilines is 1. The summed E-state index contributed by atoms with van der Waals surface area (Å²) in [6.45, 7) is 10.6. The van der Waals surface area contributed by atoms with Gasteiger partial charge in [-0.2, -0.15) is 0 Å². The van der Waals surface area contributed by atoms with Gasteiger partial charge in [0.25, 0.3) is 21.6 Å². The predicted molar refractivity (Wildman–Crippen MR) is 260 cm³/mol. The summed E-state index contributed by atoms with van der Waals surface area (Å²) < 4.78 is 48.6. The number of hydrogen-bond acceptors (Lipinski definition) is 13. The zero-order valence-corrected chi connectivity index (χ0v) is 40.5. The number of benzene rings is 3. The lowest BCUT2D eigenvalue weighted by atomic mass is 9.59. The Hall–Kier alpha value is -5.20. The average Bonchev–Trinajstić information content (AvgIpc) is 3.79. The van der Waals surface area contributed by atoms with E-state index in [2.05, 4.69) is 62.6 Å². The zero-order valence-electron chi connectivity index (χ0n) is 38.8. The van der Waals surface area contributed by atoms with Crippen molar-refractivity contribution in [3.63, 3.8) is 0 Å². The molecule has 3 aromatic carbocycles. The van der Waals surface area contributed by atoms with Crippen LogP contribution in [0.15, 0.2) is 88.9 Å². The summed E-state index contributed by atoms with van der Waals surface area (Å²) in [5.41, 5.74) is 3.41. The van der Waals surface area contributed by atoms with Crippen molar-refractivity contribution in [1.29, 1.82) is 0 Å². The first-order valence-electron chi connectivity index (χ1n) is 24.0. The smallest absolute Gasteiger partial charge is 0.288 e. The average molecular weight is 965 g/mol. The summed E-state index contributed by atoms with van der Waals surface area (Å²) >= 11 is 1.32. The van der Waals surface area contributed by atoms with Gasteiger partial charge in [0.2, 0.25) is 0 Å². The third-order valence-corrected chi connectivity index (χ3v) is 17.8. The minimum absolute atomic E-state index is 0.0350. The fourth-order valence-electron chi connectivity index (χ4n) is 11.3.